The van der Waals surface area contributed by atoms with Crippen LogP contribution in [-0.4, -0.2) is 10.9 Å². The molecule has 1 N–H and O–H groups in total. The summed E-state index contributed by atoms with van der Waals surface area (Å²) in [6.45, 7) is 8.12. The first kappa shape index (κ1) is 15.7. The average Bonchev–Trinajstić information content (AvgIpc) is 2.33. The molecule has 1 aromatic heterocycles. The molecule has 1 aromatic rings. The van der Waals surface area contributed by atoms with Gasteiger partial charge < -0.3 is 5.32 Å². The second-order valence-corrected chi connectivity index (χ2v) is 5.25. The zero-order chi connectivity index (χ0) is 14.3. The van der Waals surface area contributed by atoms with Crippen molar-refractivity contribution < 1.29 is 4.79 Å². The Morgan fingerprint density at radius 3 is 2.47 bits per heavy atom. The molecule has 106 valence electrons. The number of unbranched alkanes of at least 4 members (excludes halogenated alkanes) is 4. The summed E-state index contributed by atoms with van der Waals surface area (Å²) in [6, 6.07) is 2.00. The van der Waals surface area contributed by atoms with E-state index in [4.69, 9.17) is 0 Å². The Morgan fingerprint density at radius 1 is 1.16 bits per heavy atom. The van der Waals surface area contributed by atoms with E-state index in [1.165, 1.54) is 19.3 Å². The summed E-state index contributed by atoms with van der Waals surface area (Å²) in [5.41, 5.74) is 3.86. The fourth-order valence-corrected chi connectivity index (χ4v) is 2.30. The van der Waals surface area contributed by atoms with E-state index in [0.29, 0.717) is 6.42 Å². The molecule has 0 radical (unpaired) electrons. The van der Waals surface area contributed by atoms with Crippen molar-refractivity contribution in [2.45, 2.75) is 66.2 Å². The van der Waals surface area contributed by atoms with Gasteiger partial charge in [-0.2, -0.15) is 0 Å². The lowest BCUT2D eigenvalue weighted by Crippen LogP contribution is -2.14. The van der Waals surface area contributed by atoms with Crippen molar-refractivity contribution in [2.75, 3.05) is 5.32 Å². The van der Waals surface area contributed by atoms with E-state index in [0.717, 1.165) is 35.5 Å². The Morgan fingerprint density at radius 2 is 1.84 bits per heavy atom. The Kier molecular flexibility index (Phi) is 6.54. The van der Waals surface area contributed by atoms with Crippen molar-refractivity contribution in [3.8, 4) is 0 Å². The van der Waals surface area contributed by atoms with E-state index < -0.39 is 0 Å². The third kappa shape index (κ3) is 5.41. The van der Waals surface area contributed by atoms with Crippen LogP contribution in [0.2, 0.25) is 0 Å². The maximum atomic E-state index is 11.9. The quantitative estimate of drug-likeness (QED) is 0.744. The molecule has 0 saturated carbocycles. The molecule has 19 heavy (non-hydrogen) atoms. The highest BCUT2D eigenvalue weighted by atomic mass is 16.1. The number of hydrogen-bond donors (Lipinski definition) is 1. The van der Waals surface area contributed by atoms with Gasteiger partial charge in [0.25, 0.3) is 0 Å². The largest absolute Gasteiger partial charge is 0.324 e. The number of pyridine rings is 1. The first-order valence-corrected chi connectivity index (χ1v) is 7.29. The molecule has 0 saturated heterocycles. The molecule has 0 aromatic carbocycles. The van der Waals surface area contributed by atoms with Gasteiger partial charge in [-0.05, 0) is 38.8 Å². The third-order valence-corrected chi connectivity index (χ3v) is 3.30. The standard InChI is InChI=1S/C16H26N2O/c1-5-6-7-8-9-10-15(19)18-16-12(2)11-13(3)17-14(16)4/h11H,5-10H2,1-4H3,(H,18,19). The maximum absolute atomic E-state index is 11.9. The van der Waals surface area contributed by atoms with Crippen LogP contribution in [-0.2, 0) is 4.79 Å². The Labute approximate surface area is 116 Å². The Hall–Kier alpha value is -1.38. The topological polar surface area (TPSA) is 42.0 Å². The number of hydrogen-bond acceptors (Lipinski definition) is 2. The number of carbonyl (C=O) groups is 1. The van der Waals surface area contributed by atoms with Crippen LogP contribution in [0.5, 0.6) is 0 Å². The summed E-state index contributed by atoms with van der Waals surface area (Å²) in [7, 11) is 0. The van der Waals surface area contributed by atoms with E-state index in [9.17, 15) is 4.79 Å². The van der Waals surface area contributed by atoms with E-state index in [1.807, 2.05) is 26.8 Å². The normalized spacial score (nSPS) is 10.5. The van der Waals surface area contributed by atoms with Crippen molar-refractivity contribution in [3.63, 3.8) is 0 Å². The van der Waals surface area contributed by atoms with Gasteiger partial charge in [0.1, 0.15) is 0 Å². The number of rotatable bonds is 7. The van der Waals surface area contributed by atoms with E-state index in [1.54, 1.807) is 0 Å². The van der Waals surface area contributed by atoms with Crippen LogP contribution in [0.15, 0.2) is 6.07 Å². The number of nitrogens with one attached hydrogen (secondary N) is 1. The first-order valence-electron chi connectivity index (χ1n) is 7.29. The van der Waals surface area contributed by atoms with Gasteiger partial charge >= 0.3 is 0 Å². The predicted octanol–water partition coefficient (Wildman–Crippen LogP) is 4.31. The maximum Gasteiger partial charge on any atom is 0.224 e. The van der Waals surface area contributed by atoms with Gasteiger partial charge in [-0.3, -0.25) is 9.78 Å². The summed E-state index contributed by atoms with van der Waals surface area (Å²) in [6.07, 6.45) is 6.46. The molecule has 0 aliphatic rings. The van der Waals surface area contributed by atoms with Crippen LogP contribution in [0.1, 0.15) is 62.4 Å². The van der Waals surface area contributed by atoms with Crippen LogP contribution >= 0.6 is 0 Å². The molecule has 1 amide bonds. The van der Waals surface area contributed by atoms with Gasteiger partial charge in [0.15, 0.2) is 0 Å². The molecule has 0 atom stereocenters. The van der Waals surface area contributed by atoms with Crippen LogP contribution in [0.3, 0.4) is 0 Å². The van der Waals surface area contributed by atoms with Gasteiger partial charge in [-0.1, -0.05) is 32.6 Å². The highest BCUT2D eigenvalue weighted by Crippen LogP contribution is 2.19. The molecular weight excluding hydrogens is 236 g/mol. The zero-order valence-electron chi connectivity index (χ0n) is 12.7. The number of aryl methyl sites for hydroxylation is 3. The summed E-state index contributed by atoms with van der Waals surface area (Å²) in [5.74, 6) is 0.105. The first-order chi connectivity index (χ1) is 9.04. The molecular formula is C16H26N2O. The zero-order valence-corrected chi connectivity index (χ0v) is 12.7. The van der Waals surface area contributed by atoms with E-state index in [-0.39, 0.29) is 5.91 Å². The Bertz CT molecular complexity index is 404. The number of amides is 1. The molecule has 0 aliphatic heterocycles. The second-order valence-electron chi connectivity index (χ2n) is 5.25. The van der Waals surface area contributed by atoms with Crippen molar-refractivity contribution in [3.05, 3.63) is 23.0 Å². The van der Waals surface area contributed by atoms with Crippen LogP contribution in [0.25, 0.3) is 0 Å². The summed E-state index contributed by atoms with van der Waals surface area (Å²) < 4.78 is 0. The van der Waals surface area contributed by atoms with Gasteiger partial charge in [-0.15, -0.1) is 0 Å². The minimum atomic E-state index is 0.105. The molecule has 0 spiro atoms. The highest BCUT2D eigenvalue weighted by Gasteiger charge is 2.08. The SMILES string of the molecule is CCCCCCCC(=O)Nc1c(C)cc(C)nc1C. The molecule has 0 bridgehead atoms. The minimum Gasteiger partial charge on any atom is -0.324 e. The fraction of sp³-hybridized carbons (Fsp3) is 0.625. The van der Waals surface area contributed by atoms with Crippen molar-refractivity contribution in [1.29, 1.82) is 0 Å². The second kappa shape index (κ2) is 7.93. The monoisotopic (exact) mass is 262 g/mol. The molecule has 1 rings (SSSR count). The van der Waals surface area contributed by atoms with Crippen LogP contribution in [0.4, 0.5) is 5.69 Å². The van der Waals surface area contributed by atoms with Gasteiger partial charge in [-0.25, -0.2) is 0 Å². The summed E-state index contributed by atoms with van der Waals surface area (Å²) in [5, 5.41) is 3.00. The number of carbonyl (C=O) groups excluding carboxylic acids is 1. The van der Waals surface area contributed by atoms with Crippen molar-refractivity contribution in [2.24, 2.45) is 0 Å². The van der Waals surface area contributed by atoms with Crippen LogP contribution in [0, 0.1) is 20.8 Å². The molecule has 0 unspecified atom stereocenters. The number of aromatic nitrogens is 1. The molecule has 3 nitrogen and oxygen atoms in total. The summed E-state index contributed by atoms with van der Waals surface area (Å²) in [4.78, 5) is 16.3. The molecule has 3 heteroatoms. The van der Waals surface area contributed by atoms with E-state index in [2.05, 4.69) is 17.2 Å². The fourth-order valence-electron chi connectivity index (χ4n) is 2.30. The van der Waals surface area contributed by atoms with Gasteiger partial charge in [0.2, 0.25) is 5.91 Å². The lowest BCUT2D eigenvalue weighted by Gasteiger charge is -2.11. The minimum absolute atomic E-state index is 0.105. The van der Waals surface area contributed by atoms with Gasteiger partial charge in [0.05, 0.1) is 11.4 Å². The number of nitrogens with zero attached hydrogens (tertiary/aromatic N) is 1. The molecule has 0 fully saturated rings. The van der Waals surface area contributed by atoms with Crippen molar-refractivity contribution in [1.82, 2.24) is 4.98 Å². The number of anilines is 1. The molecule has 0 aliphatic carbocycles. The average molecular weight is 262 g/mol. The molecule has 1 heterocycles. The lowest BCUT2D eigenvalue weighted by atomic mass is 10.1. The smallest absolute Gasteiger partial charge is 0.224 e. The van der Waals surface area contributed by atoms with E-state index >= 15 is 0 Å². The van der Waals surface area contributed by atoms with Gasteiger partial charge in [0, 0.05) is 12.1 Å². The summed E-state index contributed by atoms with van der Waals surface area (Å²) >= 11 is 0. The lowest BCUT2D eigenvalue weighted by molar-refractivity contribution is -0.116. The highest BCUT2D eigenvalue weighted by molar-refractivity contribution is 5.92. The predicted molar refractivity (Wildman–Crippen MR) is 80.5 cm³/mol. The van der Waals surface area contributed by atoms with Crippen molar-refractivity contribution >= 4 is 11.6 Å². The van der Waals surface area contributed by atoms with Crippen LogP contribution < -0.4 is 5.32 Å². The third-order valence-electron chi connectivity index (χ3n) is 3.30. The Balaban J connectivity index is 2.44.